The van der Waals surface area contributed by atoms with E-state index >= 15 is 0 Å². The van der Waals surface area contributed by atoms with Crippen molar-refractivity contribution in [2.75, 3.05) is 13.1 Å². The molecule has 1 aliphatic rings. The third kappa shape index (κ3) is 11.6. The zero-order valence-corrected chi connectivity index (χ0v) is 27.0. The van der Waals surface area contributed by atoms with Crippen LogP contribution in [0.15, 0.2) is 42.9 Å². The van der Waals surface area contributed by atoms with E-state index in [2.05, 4.69) is 34.4 Å². The smallest absolute Gasteiger partial charge is 0.410 e. The van der Waals surface area contributed by atoms with Crippen LogP contribution in [-0.2, 0) is 27.2 Å². The van der Waals surface area contributed by atoms with E-state index in [1.165, 1.54) is 30.5 Å². The van der Waals surface area contributed by atoms with E-state index in [1.54, 1.807) is 6.20 Å². The van der Waals surface area contributed by atoms with Gasteiger partial charge >= 0.3 is 6.09 Å². The van der Waals surface area contributed by atoms with Crippen molar-refractivity contribution in [1.29, 1.82) is 0 Å². The third-order valence-corrected chi connectivity index (χ3v) is 8.58. The minimum Gasteiger partial charge on any atom is -0.436 e. The van der Waals surface area contributed by atoms with Crippen LogP contribution in [0.3, 0.4) is 0 Å². The number of aliphatic hydroxyl groups excluding tert-OH is 1. The number of nitrogens with zero attached hydrogens (tertiary/aromatic N) is 2. The number of ether oxygens (including phenoxy) is 1. The molecule has 1 aliphatic carbocycles. The summed E-state index contributed by atoms with van der Waals surface area (Å²) in [5.74, 6) is -0.0639. The highest BCUT2D eigenvalue weighted by Crippen LogP contribution is 2.29. The van der Waals surface area contributed by atoms with Crippen molar-refractivity contribution >= 4 is 17.9 Å². The second-order valence-electron chi connectivity index (χ2n) is 12.5. The molecule has 0 aliphatic heterocycles. The number of aromatic amines is 1. The molecule has 3 amide bonds. The van der Waals surface area contributed by atoms with Gasteiger partial charge in [0.1, 0.15) is 6.04 Å². The van der Waals surface area contributed by atoms with E-state index in [-0.39, 0.29) is 18.7 Å². The van der Waals surface area contributed by atoms with Crippen molar-refractivity contribution in [2.45, 2.75) is 116 Å². The molecule has 1 saturated carbocycles. The molecule has 1 aromatic carbocycles. The number of aromatic nitrogens is 2. The highest BCUT2D eigenvalue weighted by molar-refractivity contribution is 5.90. The van der Waals surface area contributed by atoms with Gasteiger partial charge in [-0.2, -0.15) is 0 Å². The minimum absolute atomic E-state index is 0.163. The molecule has 0 spiro atoms. The first-order valence-electron chi connectivity index (χ1n) is 16.5. The Bertz CT molecular complexity index is 1120. The molecule has 1 heterocycles. The maximum Gasteiger partial charge on any atom is 0.410 e. The van der Waals surface area contributed by atoms with Gasteiger partial charge in [0.25, 0.3) is 5.91 Å². The van der Waals surface area contributed by atoms with Crippen molar-refractivity contribution in [3.63, 3.8) is 0 Å². The van der Waals surface area contributed by atoms with E-state index < -0.39 is 36.3 Å². The van der Waals surface area contributed by atoms with Gasteiger partial charge in [0.2, 0.25) is 5.91 Å². The van der Waals surface area contributed by atoms with Gasteiger partial charge in [-0.05, 0) is 50.5 Å². The molecule has 44 heavy (non-hydrogen) atoms. The predicted molar refractivity (Wildman–Crippen MR) is 171 cm³/mol. The average Bonchev–Trinajstić information content (AvgIpc) is 3.53. The summed E-state index contributed by atoms with van der Waals surface area (Å²) in [6.45, 7) is 8.83. The third-order valence-electron chi connectivity index (χ3n) is 8.58. The zero-order valence-electron chi connectivity index (χ0n) is 27.0. The number of imidazole rings is 1. The Hall–Kier alpha value is -3.40. The van der Waals surface area contributed by atoms with Crippen LogP contribution < -0.4 is 10.6 Å². The number of benzene rings is 1. The van der Waals surface area contributed by atoms with Crippen LogP contribution in [0.1, 0.15) is 90.3 Å². The Morgan fingerprint density at radius 3 is 2.32 bits per heavy atom. The molecular formula is C34H53N5O5. The van der Waals surface area contributed by atoms with Crippen molar-refractivity contribution in [3.8, 4) is 0 Å². The number of hydrogen-bond acceptors (Lipinski definition) is 6. The summed E-state index contributed by atoms with van der Waals surface area (Å²) in [4.78, 5) is 49.2. The number of hydrogen-bond donors (Lipinski definition) is 4. The number of rotatable bonds is 17. The van der Waals surface area contributed by atoms with Crippen LogP contribution in [0.4, 0.5) is 4.79 Å². The summed E-state index contributed by atoms with van der Waals surface area (Å²) in [6, 6.07) is 7.95. The molecule has 4 atom stereocenters. The maximum atomic E-state index is 13.9. The van der Waals surface area contributed by atoms with E-state index in [1.807, 2.05) is 44.2 Å². The van der Waals surface area contributed by atoms with Crippen molar-refractivity contribution < 1.29 is 24.2 Å². The highest BCUT2D eigenvalue weighted by Gasteiger charge is 2.33. The van der Waals surface area contributed by atoms with Crippen LogP contribution in [-0.4, -0.2) is 75.3 Å². The first kappa shape index (κ1) is 35.1. The molecule has 3 unspecified atom stereocenters. The Labute approximate surface area is 262 Å². The van der Waals surface area contributed by atoms with Gasteiger partial charge in [-0.15, -0.1) is 0 Å². The Kier molecular flexibility index (Phi) is 14.7. The normalized spacial score (nSPS) is 16.5. The Morgan fingerprint density at radius 2 is 1.70 bits per heavy atom. The fourth-order valence-electron chi connectivity index (χ4n) is 5.87. The van der Waals surface area contributed by atoms with Gasteiger partial charge in [-0.1, -0.05) is 76.3 Å². The van der Waals surface area contributed by atoms with Crippen molar-refractivity contribution in [1.82, 2.24) is 25.5 Å². The topological polar surface area (TPSA) is 137 Å². The molecular weight excluding hydrogens is 558 g/mol. The lowest BCUT2D eigenvalue weighted by molar-refractivity contribution is -0.135. The molecule has 244 valence electrons. The van der Waals surface area contributed by atoms with Gasteiger partial charge < -0.3 is 30.4 Å². The molecule has 0 radical (unpaired) electrons. The molecule has 10 heteroatoms. The lowest BCUT2D eigenvalue weighted by Crippen LogP contribution is -2.56. The van der Waals surface area contributed by atoms with E-state index in [0.717, 1.165) is 24.8 Å². The molecule has 2 aromatic rings. The van der Waals surface area contributed by atoms with Crippen LogP contribution in [0.2, 0.25) is 0 Å². The Balaban J connectivity index is 1.81. The highest BCUT2D eigenvalue weighted by atomic mass is 16.6. The number of carbonyl (C=O) groups is 3. The molecule has 0 bridgehead atoms. The summed E-state index contributed by atoms with van der Waals surface area (Å²) >= 11 is 0. The van der Waals surface area contributed by atoms with Crippen LogP contribution in [0, 0.1) is 11.8 Å². The number of amides is 3. The number of nitrogens with one attached hydrogen (secondary N) is 3. The molecule has 3 rings (SSSR count). The van der Waals surface area contributed by atoms with Crippen LogP contribution in [0.25, 0.3) is 0 Å². The first-order chi connectivity index (χ1) is 21.2. The van der Waals surface area contributed by atoms with Gasteiger partial charge in [0.15, 0.2) is 6.10 Å². The second kappa shape index (κ2) is 18.4. The number of H-pyrrole nitrogens is 1. The van der Waals surface area contributed by atoms with Gasteiger partial charge in [0, 0.05) is 37.8 Å². The van der Waals surface area contributed by atoms with Gasteiger partial charge in [0.05, 0.1) is 18.5 Å². The van der Waals surface area contributed by atoms with Gasteiger partial charge in [-0.25, -0.2) is 9.78 Å². The van der Waals surface area contributed by atoms with Crippen LogP contribution in [0.5, 0.6) is 0 Å². The summed E-state index contributed by atoms with van der Waals surface area (Å²) in [5.41, 5.74) is 1.50. The van der Waals surface area contributed by atoms with E-state index in [0.29, 0.717) is 43.5 Å². The summed E-state index contributed by atoms with van der Waals surface area (Å²) in [7, 11) is 0. The second-order valence-corrected chi connectivity index (χ2v) is 12.5. The maximum absolute atomic E-state index is 13.9. The number of carbonyl (C=O) groups excluding carboxylic acids is 3. The van der Waals surface area contributed by atoms with Crippen molar-refractivity contribution in [3.05, 3.63) is 54.1 Å². The molecule has 1 aromatic heterocycles. The molecule has 0 saturated heterocycles. The quantitative estimate of drug-likeness (QED) is 0.203. The van der Waals surface area contributed by atoms with Crippen molar-refractivity contribution in [2.24, 2.45) is 11.8 Å². The number of aliphatic hydroxyl groups is 1. The molecule has 10 nitrogen and oxygen atoms in total. The fourth-order valence-corrected chi connectivity index (χ4v) is 5.87. The predicted octanol–water partition coefficient (Wildman–Crippen LogP) is 4.78. The summed E-state index contributed by atoms with van der Waals surface area (Å²) in [6.07, 6.45) is 8.95. The minimum atomic E-state index is -1.14. The van der Waals surface area contributed by atoms with E-state index in [9.17, 15) is 19.5 Å². The lowest BCUT2D eigenvalue weighted by Gasteiger charge is -2.32. The fraction of sp³-hybridized carbons (Fsp3) is 0.647. The largest absolute Gasteiger partial charge is 0.436 e. The van der Waals surface area contributed by atoms with Gasteiger partial charge in [-0.3, -0.25) is 9.59 Å². The summed E-state index contributed by atoms with van der Waals surface area (Å²) in [5, 5.41) is 17.2. The van der Waals surface area contributed by atoms with E-state index in [4.69, 9.17) is 4.74 Å². The first-order valence-corrected chi connectivity index (χ1v) is 16.5. The Morgan fingerprint density at radius 1 is 1.00 bits per heavy atom. The summed E-state index contributed by atoms with van der Waals surface area (Å²) < 4.78 is 5.73. The lowest BCUT2D eigenvalue weighted by atomic mass is 9.83. The molecule has 4 N–H and O–H groups in total. The molecule has 1 fully saturated rings. The average molecular weight is 612 g/mol. The standard InChI is InChI=1S/C34H53N5O5/c1-5-39(6-2)34(43)44-31(20-26-15-11-8-12-16-26)33(42)38-29(21-27-22-35-23-36-27)32(41)37-28(30(40)18-17-24(3)4)19-25-13-9-7-10-14-25/h8,11-12,15-16,22-25,28-31,40H,5-7,9-10,13-14,17-21H2,1-4H3,(H,35,36)(H,37,41)(H,38,42)/t28?,29-,30?,31?/m0/s1. The van der Waals surface area contributed by atoms with Crippen LogP contribution >= 0.6 is 0 Å². The monoisotopic (exact) mass is 611 g/mol. The SMILES string of the molecule is CCN(CC)C(=O)OC(Cc1ccccc1)C(=O)N[C@@H](Cc1cnc[nH]1)C(=O)NC(CC1CCCCC1)C(O)CCC(C)C. The zero-order chi connectivity index (χ0) is 31.9.